The van der Waals surface area contributed by atoms with Crippen molar-refractivity contribution in [1.29, 1.82) is 0 Å². The van der Waals surface area contributed by atoms with Crippen LogP contribution in [0.15, 0.2) is 24.3 Å². The van der Waals surface area contributed by atoms with E-state index in [4.69, 9.17) is 4.74 Å². The van der Waals surface area contributed by atoms with Crippen LogP contribution in [0.25, 0.3) is 0 Å². The van der Waals surface area contributed by atoms with E-state index in [1.165, 1.54) is 5.56 Å². The summed E-state index contributed by atoms with van der Waals surface area (Å²) in [6, 6.07) is 8.22. The molecule has 1 heterocycles. The number of rotatable bonds is 6. The molecule has 170 valence electrons. The van der Waals surface area contributed by atoms with Crippen LogP contribution in [0.4, 0.5) is 4.79 Å². The second-order valence-corrected chi connectivity index (χ2v) is 9.88. The topological polar surface area (TPSA) is 80.5 Å². The molecule has 1 aromatic heterocycles. The zero-order chi connectivity index (χ0) is 22.8. The molecule has 1 aromatic carbocycles. The number of carbonyl (C=O) groups is 1. The molecule has 0 unspecified atom stereocenters. The highest BCUT2D eigenvalue weighted by atomic mass is 16.5. The van der Waals surface area contributed by atoms with E-state index in [1.807, 2.05) is 44.5 Å². The third-order valence-electron chi connectivity index (χ3n) is 6.25. The molecule has 1 fully saturated rings. The summed E-state index contributed by atoms with van der Waals surface area (Å²) in [4.78, 5) is 13.4. The summed E-state index contributed by atoms with van der Waals surface area (Å²) in [6.45, 7) is 10.6. The molecule has 0 atom stereocenters. The molecule has 3 rings (SSSR count). The Labute approximate surface area is 185 Å². The third kappa shape index (κ3) is 5.38. The number of carboxylic acid groups (broad SMARTS) is 1. The Morgan fingerprint density at radius 1 is 1.23 bits per heavy atom. The third-order valence-corrected chi connectivity index (χ3v) is 6.25. The molecule has 7 heteroatoms. The fourth-order valence-electron chi connectivity index (χ4n) is 4.55. The molecule has 0 radical (unpaired) electrons. The molecular formula is C24H36N4O3. The lowest BCUT2D eigenvalue weighted by Gasteiger charge is -2.42. The van der Waals surface area contributed by atoms with Gasteiger partial charge < -0.3 is 19.3 Å². The van der Waals surface area contributed by atoms with Gasteiger partial charge in [-0.15, -0.1) is 10.2 Å². The lowest BCUT2D eigenvalue weighted by molar-refractivity contribution is 0.0541. The zero-order valence-electron chi connectivity index (χ0n) is 19.6. The highest BCUT2D eigenvalue weighted by Gasteiger charge is 2.36. The molecule has 0 saturated heterocycles. The SMILES string of the molecule is CC(C)c1cccc(OCc2nnc([C@H]3CC[C@H](N(C(=O)O)C(C)(C)C)CC3)n2C)c1. The summed E-state index contributed by atoms with van der Waals surface area (Å²) in [5.41, 5.74) is 0.851. The van der Waals surface area contributed by atoms with Crippen LogP contribution in [0.5, 0.6) is 5.75 Å². The predicted octanol–water partition coefficient (Wildman–Crippen LogP) is 5.32. The number of aromatic nitrogens is 3. The van der Waals surface area contributed by atoms with Crippen LogP contribution in [0, 0.1) is 0 Å². The fraction of sp³-hybridized carbons (Fsp3) is 0.625. The molecule has 0 bridgehead atoms. The largest absolute Gasteiger partial charge is 0.486 e. The first kappa shape index (κ1) is 23.1. The quantitative estimate of drug-likeness (QED) is 0.673. The zero-order valence-corrected chi connectivity index (χ0v) is 19.6. The minimum atomic E-state index is -0.837. The van der Waals surface area contributed by atoms with Crippen molar-refractivity contribution in [1.82, 2.24) is 19.7 Å². The summed E-state index contributed by atoms with van der Waals surface area (Å²) in [6.07, 6.45) is 2.67. The second-order valence-electron chi connectivity index (χ2n) is 9.88. The molecule has 7 nitrogen and oxygen atoms in total. The maximum absolute atomic E-state index is 11.8. The Morgan fingerprint density at radius 2 is 1.90 bits per heavy atom. The molecule has 1 aliphatic carbocycles. The highest BCUT2D eigenvalue weighted by molar-refractivity contribution is 5.66. The number of hydrogen-bond acceptors (Lipinski definition) is 4. The van der Waals surface area contributed by atoms with Gasteiger partial charge in [0.05, 0.1) is 0 Å². The normalized spacial score (nSPS) is 19.5. The predicted molar refractivity (Wildman–Crippen MR) is 120 cm³/mol. The average molecular weight is 429 g/mol. The van der Waals surface area contributed by atoms with Crippen LogP contribution in [0.1, 0.15) is 89.4 Å². The van der Waals surface area contributed by atoms with Crippen molar-refractivity contribution in [2.24, 2.45) is 7.05 Å². The summed E-state index contributed by atoms with van der Waals surface area (Å²) < 4.78 is 8.02. The van der Waals surface area contributed by atoms with Gasteiger partial charge in [-0.1, -0.05) is 26.0 Å². The van der Waals surface area contributed by atoms with Gasteiger partial charge in [0.1, 0.15) is 18.2 Å². The van der Waals surface area contributed by atoms with E-state index in [0.29, 0.717) is 18.4 Å². The molecule has 2 aromatic rings. The minimum absolute atomic E-state index is 0.0537. The van der Waals surface area contributed by atoms with Crippen LogP contribution in [-0.4, -0.2) is 42.4 Å². The van der Waals surface area contributed by atoms with Gasteiger partial charge in [0, 0.05) is 24.5 Å². The first-order valence-corrected chi connectivity index (χ1v) is 11.2. The van der Waals surface area contributed by atoms with Gasteiger partial charge in [-0.25, -0.2) is 4.79 Å². The molecule has 0 spiro atoms. The van der Waals surface area contributed by atoms with Gasteiger partial charge in [0.15, 0.2) is 5.82 Å². The smallest absolute Gasteiger partial charge is 0.407 e. The highest BCUT2D eigenvalue weighted by Crippen LogP contribution is 2.36. The van der Waals surface area contributed by atoms with Crippen LogP contribution < -0.4 is 4.74 Å². The van der Waals surface area contributed by atoms with Crippen LogP contribution in [0.2, 0.25) is 0 Å². The first-order chi connectivity index (χ1) is 14.6. The van der Waals surface area contributed by atoms with Gasteiger partial charge >= 0.3 is 6.09 Å². The summed E-state index contributed by atoms with van der Waals surface area (Å²) in [7, 11) is 1.99. The minimum Gasteiger partial charge on any atom is -0.486 e. The Bertz CT molecular complexity index is 892. The Hall–Kier alpha value is -2.57. The Kier molecular flexibility index (Phi) is 6.92. The molecule has 1 aliphatic rings. The summed E-state index contributed by atoms with van der Waals surface area (Å²) in [5.74, 6) is 3.35. The van der Waals surface area contributed by atoms with Crippen LogP contribution in [-0.2, 0) is 13.7 Å². The first-order valence-electron chi connectivity index (χ1n) is 11.2. The molecule has 1 saturated carbocycles. The van der Waals surface area contributed by atoms with Crippen molar-refractivity contribution in [3.05, 3.63) is 41.5 Å². The van der Waals surface area contributed by atoms with E-state index < -0.39 is 11.6 Å². The van der Waals surface area contributed by atoms with E-state index in [-0.39, 0.29) is 6.04 Å². The lowest BCUT2D eigenvalue weighted by atomic mass is 9.83. The number of ether oxygens (including phenoxy) is 1. The van der Waals surface area contributed by atoms with Crippen molar-refractivity contribution in [2.45, 2.75) is 90.3 Å². The second kappa shape index (κ2) is 9.28. The monoisotopic (exact) mass is 428 g/mol. The number of benzene rings is 1. The van der Waals surface area contributed by atoms with E-state index in [1.54, 1.807) is 4.90 Å². The molecule has 1 amide bonds. The van der Waals surface area contributed by atoms with Crippen LogP contribution in [0.3, 0.4) is 0 Å². The van der Waals surface area contributed by atoms with Gasteiger partial charge in [-0.05, 0) is 70.1 Å². The Balaban J connectivity index is 1.62. The summed E-state index contributed by atoms with van der Waals surface area (Å²) >= 11 is 0. The van der Waals surface area contributed by atoms with Crippen molar-refractivity contribution >= 4 is 6.09 Å². The maximum atomic E-state index is 11.8. The van der Waals surface area contributed by atoms with E-state index >= 15 is 0 Å². The summed E-state index contributed by atoms with van der Waals surface area (Å²) in [5, 5.41) is 18.5. The van der Waals surface area contributed by atoms with E-state index in [9.17, 15) is 9.90 Å². The van der Waals surface area contributed by atoms with Crippen molar-refractivity contribution in [3.8, 4) is 5.75 Å². The van der Waals surface area contributed by atoms with E-state index in [0.717, 1.165) is 43.1 Å². The number of hydrogen-bond donors (Lipinski definition) is 1. The molecule has 1 N–H and O–H groups in total. The fourth-order valence-corrected chi connectivity index (χ4v) is 4.55. The van der Waals surface area contributed by atoms with Gasteiger partial charge in [-0.2, -0.15) is 0 Å². The van der Waals surface area contributed by atoms with Crippen LogP contribution >= 0.6 is 0 Å². The molecule has 0 aliphatic heterocycles. The van der Waals surface area contributed by atoms with Crippen molar-refractivity contribution in [2.75, 3.05) is 0 Å². The standard InChI is InChI=1S/C24H36N4O3/c1-16(2)18-8-7-9-20(14-18)31-15-21-25-26-22(27(21)6)17-10-12-19(13-11-17)28(23(29)30)24(3,4)5/h7-9,14,16-17,19H,10-13,15H2,1-6H3,(H,29,30)/t17-,19-. The lowest BCUT2D eigenvalue weighted by Crippen LogP contribution is -2.52. The van der Waals surface area contributed by atoms with Gasteiger partial charge in [0.2, 0.25) is 0 Å². The average Bonchev–Trinajstić information content (AvgIpc) is 3.06. The number of amides is 1. The number of nitrogens with zero attached hydrogens (tertiary/aromatic N) is 4. The molecular weight excluding hydrogens is 392 g/mol. The van der Waals surface area contributed by atoms with Gasteiger partial charge in [0.25, 0.3) is 0 Å². The van der Waals surface area contributed by atoms with Crippen molar-refractivity contribution < 1.29 is 14.6 Å². The van der Waals surface area contributed by atoms with Crippen molar-refractivity contribution in [3.63, 3.8) is 0 Å². The van der Waals surface area contributed by atoms with Gasteiger partial charge in [-0.3, -0.25) is 0 Å². The Morgan fingerprint density at radius 3 is 2.48 bits per heavy atom. The maximum Gasteiger partial charge on any atom is 0.407 e. The molecule has 31 heavy (non-hydrogen) atoms. The van der Waals surface area contributed by atoms with E-state index in [2.05, 4.69) is 36.2 Å².